The zero-order valence-electron chi connectivity index (χ0n) is 10.4. The zero-order valence-corrected chi connectivity index (χ0v) is 12.0. The second-order valence-corrected chi connectivity index (χ2v) is 5.22. The molecule has 1 aromatic heterocycles. The minimum absolute atomic E-state index is 0.352. The van der Waals surface area contributed by atoms with Crippen molar-refractivity contribution < 1.29 is 9.53 Å². The van der Waals surface area contributed by atoms with Gasteiger partial charge in [0.1, 0.15) is 10.0 Å². The van der Waals surface area contributed by atoms with E-state index in [0.29, 0.717) is 22.1 Å². The number of benzene rings is 1. The quantitative estimate of drug-likeness (QED) is 0.879. The van der Waals surface area contributed by atoms with Crippen molar-refractivity contribution in [2.75, 3.05) is 12.4 Å². The largest absolute Gasteiger partial charge is 0.465 e. The number of aryl methyl sites for hydroxylation is 1. The van der Waals surface area contributed by atoms with Gasteiger partial charge in [0.2, 0.25) is 0 Å². The molecule has 0 saturated carbocycles. The monoisotopic (exact) mass is 297 g/mol. The van der Waals surface area contributed by atoms with E-state index in [1.807, 2.05) is 19.1 Å². The third kappa shape index (κ3) is 3.21. The average molecular weight is 298 g/mol. The summed E-state index contributed by atoms with van der Waals surface area (Å²) in [7, 11) is 1.36. The number of esters is 1. The predicted octanol–water partition coefficient (Wildman–Crippen LogP) is 2.90. The van der Waals surface area contributed by atoms with Gasteiger partial charge in [0.05, 0.1) is 19.2 Å². The van der Waals surface area contributed by atoms with Gasteiger partial charge in [-0.25, -0.2) is 4.79 Å². The fraction of sp³-hybridized carbons (Fsp3) is 0.250. The molecule has 0 amide bonds. The average Bonchev–Trinajstić information content (AvgIpc) is 2.82. The van der Waals surface area contributed by atoms with Crippen molar-refractivity contribution in [1.29, 1.82) is 0 Å². The maximum absolute atomic E-state index is 11.6. The molecule has 1 aromatic carbocycles. The van der Waals surface area contributed by atoms with Crippen molar-refractivity contribution in [2.24, 2.45) is 0 Å². The number of carbonyl (C=O) groups is 1. The van der Waals surface area contributed by atoms with Crippen LogP contribution in [0.3, 0.4) is 0 Å². The van der Waals surface area contributed by atoms with Crippen molar-refractivity contribution >= 4 is 34.8 Å². The van der Waals surface area contributed by atoms with Gasteiger partial charge in [-0.15, -0.1) is 5.10 Å². The Morgan fingerprint density at radius 2 is 2.32 bits per heavy atom. The summed E-state index contributed by atoms with van der Waals surface area (Å²) in [6.45, 7) is 2.32. The number of rotatable bonds is 4. The van der Waals surface area contributed by atoms with Gasteiger partial charge < -0.3 is 10.1 Å². The summed E-state index contributed by atoms with van der Waals surface area (Å²) in [5.74, 6) is -0.352. The third-order valence-electron chi connectivity index (χ3n) is 2.61. The molecule has 0 aliphatic rings. The van der Waals surface area contributed by atoms with Crippen molar-refractivity contribution in [1.82, 2.24) is 9.59 Å². The number of hydrogen-bond acceptors (Lipinski definition) is 6. The summed E-state index contributed by atoms with van der Waals surface area (Å²) in [4.78, 5) is 11.6. The van der Waals surface area contributed by atoms with Crippen molar-refractivity contribution in [3.8, 4) is 0 Å². The Hall–Kier alpha value is -1.66. The van der Waals surface area contributed by atoms with E-state index in [-0.39, 0.29) is 5.97 Å². The number of anilines is 1. The van der Waals surface area contributed by atoms with E-state index in [1.165, 1.54) is 7.11 Å². The van der Waals surface area contributed by atoms with Gasteiger partial charge in [-0.1, -0.05) is 22.2 Å². The van der Waals surface area contributed by atoms with Crippen LogP contribution in [0.15, 0.2) is 18.2 Å². The SMILES string of the molecule is COC(=O)c1cc(NCc2nnsc2Cl)ccc1C. The molecular weight excluding hydrogens is 286 g/mol. The van der Waals surface area contributed by atoms with E-state index in [1.54, 1.807) is 6.07 Å². The number of nitrogens with one attached hydrogen (secondary N) is 1. The van der Waals surface area contributed by atoms with Gasteiger partial charge in [-0.2, -0.15) is 0 Å². The first-order valence-corrected chi connectivity index (χ1v) is 6.66. The Bertz CT molecular complexity index is 600. The second kappa shape index (κ2) is 5.99. The smallest absolute Gasteiger partial charge is 0.338 e. The van der Waals surface area contributed by atoms with Gasteiger partial charge in [0.25, 0.3) is 0 Å². The van der Waals surface area contributed by atoms with Crippen LogP contribution in [0.4, 0.5) is 5.69 Å². The second-order valence-electron chi connectivity index (χ2n) is 3.87. The molecule has 19 heavy (non-hydrogen) atoms. The molecule has 2 rings (SSSR count). The highest BCUT2D eigenvalue weighted by atomic mass is 35.5. The van der Waals surface area contributed by atoms with Gasteiger partial charge in [0.15, 0.2) is 0 Å². The summed E-state index contributed by atoms with van der Waals surface area (Å²) in [5.41, 5.74) is 2.89. The first-order valence-electron chi connectivity index (χ1n) is 5.51. The minimum Gasteiger partial charge on any atom is -0.465 e. The van der Waals surface area contributed by atoms with E-state index in [4.69, 9.17) is 16.3 Å². The lowest BCUT2D eigenvalue weighted by atomic mass is 10.1. The van der Waals surface area contributed by atoms with Crippen LogP contribution >= 0.6 is 23.1 Å². The maximum atomic E-state index is 11.6. The molecule has 1 heterocycles. The molecule has 0 unspecified atom stereocenters. The summed E-state index contributed by atoms with van der Waals surface area (Å²) in [6, 6.07) is 5.49. The molecule has 1 N–H and O–H groups in total. The molecular formula is C12H12ClN3O2S. The number of ether oxygens (including phenoxy) is 1. The van der Waals surface area contributed by atoms with Gasteiger partial charge in [-0.3, -0.25) is 0 Å². The molecule has 0 saturated heterocycles. The third-order valence-corrected chi connectivity index (χ3v) is 3.60. The van der Waals surface area contributed by atoms with Crippen LogP contribution in [-0.4, -0.2) is 22.7 Å². The summed E-state index contributed by atoms with van der Waals surface area (Å²) < 4.78 is 9.05. The van der Waals surface area contributed by atoms with Gasteiger partial charge in [-0.05, 0) is 24.6 Å². The summed E-state index contributed by atoms with van der Waals surface area (Å²) in [6.07, 6.45) is 0. The van der Waals surface area contributed by atoms with E-state index < -0.39 is 0 Å². The van der Waals surface area contributed by atoms with Crippen LogP contribution in [0.25, 0.3) is 0 Å². The topological polar surface area (TPSA) is 64.1 Å². The highest BCUT2D eigenvalue weighted by molar-refractivity contribution is 7.10. The van der Waals surface area contributed by atoms with Crippen LogP contribution in [0, 0.1) is 6.92 Å². The Morgan fingerprint density at radius 1 is 1.53 bits per heavy atom. The molecule has 0 fully saturated rings. The van der Waals surface area contributed by atoms with Gasteiger partial charge in [0, 0.05) is 17.2 Å². The molecule has 5 nitrogen and oxygen atoms in total. The maximum Gasteiger partial charge on any atom is 0.338 e. The van der Waals surface area contributed by atoms with Crippen LogP contribution in [0.1, 0.15) is 21.6 Å². The number of halogens is 1. The van der Waals surface area contributed by atoms with Crippen molar-refractivity contribution in [3.05, 3.63) is 39.4 Å². The first-order chi connectivity index (χ1) is 9.11. The zero-order chi connectivity index (χ0) is 13.8. The molecule has 0 bridgehead atoms. The van der Waals surface area contributed by atoms with Crippen LogP contribution in [-0.2, 0) is 11.3 Å². The fourth-order valence-corrected chi connectivity index (χ4v) is 2.18. The lowest BCUT2D eigenvalue weighted by Crippen LogP contribution is -2.06. The Kier molecular flexibility index (Phi) is 4.34. The van der Waals surface area contributed by atoms with E-state index in [2.05, 4.69) is 14.9 Å². The van der Waals surface area contributed by atoms with Crippen LogP contribution in [0.2, 0.25) is 4.34 Å². The van der Waals surface area contributed by atoms with E-state index >= 15 is 0 Å². The van der Waals surface area contributed by atoms with E-state index in [9.17, 15) is 4.79 Å². The minimum atomic E-state index is -0.352. The lowest BCUT2D eigenvalue weighted by Gasteiger charge is -2.08. The number of nitrogens with zero attached hydrogens (tertiary/aromatic N) is 2. The fourth-order valence-electron chi connectivity index (χ4n) is 1.55. The lowest BCUT2D eigenvalue weighted by molar-refractivity contribution is 0.0600. The Balaban J connectivity index is 2.13. The van der Waals surface area contributed by atoms with Crippen molar-refractivity contribution in [3.63, 3.8) is 0 Å². The molecule has 0 radical (unpaired) electrons. The standard InChI is InChI=1S/C12H12ClN3O2S/c1-7-3-4-8(5-9(7)12(17)18-2)14-6-10-11(13)19-16-15-10/h3-5,14H,6H2,1-2H3. The summed E-state index contributed by atoms with van der Waals surface area (Å²) in [5, 5.41) is 7.05. The van der Waals surface area contributed by atoms with Gasteiger partial charge >= 0.3 is 5.97 Å². The molecule has 0 spiro atoms. The molecule has 7 heteroatoms. The first kappa shape index (κ1) is 13.8. The summed E-state index contributed by atoms with van der Waals surface area (Å²) >= 11 is 7.06. The predicted molar refractivity (Wildman–Crippen MR) is 74.8 cm³/mol. The Labute approximate surface area is 119 Å². The number of aromatic nitrogens is 2. The molecule has 2 aromatic rings. The molecule has 100 valence electrons. The normalized spacial score (nSPS) is 10.3. The molecule has 0 aliphatic carbocycles. The highest BCUT2D eigenvalue weighted by Gasteiger charge is 2.10. The number of methoxy groups -OCH3 is 1. The van der Waals surface area contributed by atoms with Crippen LogP contribution < -0.4 is 5.32 Å². The van der Waals surface area contributed by atoms with E-state index in [0.717, 1.165) is 22.8 Å². The number of hydrogen-bond donors (Lipinski definition) is 1. The number of carbonyl (C=O) groups excluding carboxylic acids is 1. The van der Waals surface area contributed by atoms with Crippen molar-refractivity contribution in [2.45, 2.75) is 13.5 Å². The van der Waals surface area contributed by atoms with Crippen LogP contribution in [0.5, 0.6) is 0 Å². The molecule has 0 aliphatic heterocycles. The molecule has 0 atom stereocenters. The Morgan fingerprint density at radius 3 is 2.95 bits per heavy atom. The highest BCUT2D eigenvalue weighted by Crippen LogP contribution is 2.20.